The van der Waals surface area contributed by atoms with Gasteiger partial charge in [-0.25, -0.2) is 4.79 Å². The van der Waals surface area contributed by atoms with E-state index in [4.69, 9.17) is 4.74 Å². The largest absolute Gasteiger partial charge is 0.444 e. The number of piperidine rings is 1. The highest BCUT2D eigenvalue weighted by atomic mass is 32.2. The fourth-order valence-corrected chi connectivity index (χ4v) is 5.37. The summed E-state index contributed by atoms with van der Waals surface area (Å²) in [6.45, 7) is 10.0. The molecule has 1 aliphatic heterocycles. The van der Waals surface area contributed by atoms with Crippen molar-refractivity contribution in [1.82, 2.24) is 15.5 Å². The Balaban J connectivity index is 1.72. The first-order chi connectivity index (χ1) is 13.7. The molecule has 0 aromatic carbocycles. The van der Waals surface area contributed by atoms with E-state index in [1.165, 1.54) is 0 Å². The van der Waals surface area contributed by atoms with E-state index in [1.54, 1.807) is 7.05 Å². The second kappa shape index (κ2) is 11.2. The lowest BCUT2D eigenvalue weighted by atomic mass is 9.95. The molecule has 0 spiro atoms. The zero-order chi connectivity index (χ0) is 21.4. The number of likely N-dealkylation sites (tertiary alicyclic amines) is 1. The molecule has 3 atom stereocenters. The Morgan fingerprint density at radius 3 is 2.48 bits per heavy atom. The Kier molecular flexibility index (Phi) is 9.24. The molecule has 0 aromatic heterocycles. The van der Waals surface area contributed by atoms with Gasteiger partial charge in [0.2, 0.25) is 0 Å². The minimum Gasteiger partial charge on any atom is -0.444 e. The van der Waals surface area contributed by atoms with E-state index in [-0.39, 0.29) is 6.09 Å². The van der Waals surface area contributed by atoms with Crippen molar-refractivity contribution in [3.05, 3.63) is 0 Å². The highest BCUT2D eigenvalue weighted by Crippen LogP contribution is 2.23. The number of carbonyl (C=O) groups is 1. The molecular weight excluding hydrogens is 388 g/mol. The average molecular weight is 429 g/mol. The van der Waals surface area contributed by atoms with Crippen molar-refractivity contribution >= 4 is 22.9 Å². The van der Waals surface area contributed by atoms with Gasteiger partial charge in [0.1, 0.15) is 5.60 Å². The van der Waals surface area contributed by atoms with Crippen LogP contribution in [0, 0.1) is 5.92 Å². The number of carbonyl (C=O) groups excluding carboxylic acids is 1. The number of ether oxygens (including phenoxy) is 1. The SMILES string of the molecule is CCS(=O)C1CCCC(NC(=NC)NCC2CCN(C(=O)OC(C)(C)C)CC2)C1. The highest BCUT2D eigenvalue weighted by molar-refractivity contribution is 7.85. The van der Waals surface area contributed by atoms with Gasteiger partial charge in [-0.2, -0.15) is 0 Å². The molecule has 2 rings (SSSR count). The fraction of sp³-hybridized carbons (Fsp3) is 0.905. The second-order valence-electron chi connectivity index (χ2n) is 9.16. The van der Waals surface area contributed by atoms with Gasteiger partial charge in [-0.1, -0.05) is 13.3 Å². The number of hydrogen-bond donors (Lipinski definition) is 2. The van der Waals surface area contributed by atoms with Crippen molar-refractivity contribution in [1.29, 1.82) is 0 Å². The van der Waals surface area contributed by atoms with Crippen LogP contribution in [0.2, 0.25) is 0 Å². The molecule has 7 nitrogen and oxygen atoms in total. The number of hydrogen-bond acceptors (Lipinski definition) is 4. The molecule has 0 aromatic rings. The summed E-state index contributed by atoms with van der Waals surface area (Å²) in [5.74, 6) is 2.08. The Bertz CT molecular complexity index is 583. The first-order valence-electron chi connectivity index (χ1n) is 11.0. The molecule has 168 valence electrons. The van der Waals surface area contributed by atoms with Crippen LogP contribution in [0.4, 0.5) is 4.79 Å². The molecule has 3 unspecified atom stereocenters. The van der Waals surface area contributed by atoms with Crippen LogP contribution in [-0.2, 0) is 15.5 Å². The highest BCUT2D eigenvalue weighted by Gasteiger charge is 2.28. The normalized spacial score (nSPS) is 25.4. The van der Waals surface area contributed by atoms with Gasteiger partial charge >= 0.3 is 6.09 Å². The maximum Gasteiger partial charge on any atom is 0.410 e. The maximum absolute atomic E-state index is 12.2. The van der Waals surface area contributed by atoms with E-state index in [0.29, 0.717) is 17.2 Å². The molecule has 2 fully saturated rings. The summed E-state index contributed by atoms with van der Waals surface area (Å²) in [7, 11) is 1.08. The van der Waals surface area contributed by atoms with Gasteiger partial charge in [-0.3, -0.25) is 9.20 Å². The molecule has 1 amide bonds. The summed E-state index contributed by atoms with van der Waals surface area (Å²) in [4.78, 5) is 18.4. The molecule has 0 bridgehead atoms. The van der Waals surface area contributed by atoms with Crippen molar-refractivity contribution in [2.75, 3.05) is 32.4 Å². The van der Waals surface area contributed by atoms with E-state index in [0.717, 1.165) is 69.9 Å². The molecule has 1 saturated heterocycles. The lowest BCUT2D eigenvalue weighted by Crippen LogP contribution is -2.49. The number of amides is 1. The summed E-state index contributed by atoms with van der Waals surface area (Å²) in [6, 6.07) is 0.337. The number of guanidine groups is 1. The molecule has 2 N–H and O–H groups in total. The van der Waals surface area contributed by atoms with Gasteiger partial charge in [-0.05, 0) is 58.8 Å². The molecule has 29 heavy (non-hydrogen) atoms. The minimum atomic E-state index is -0.715. The minimum absolute atomic E-state index is 0.210. The second-order valence-corrected chi connectivity index (χ2v) is 11.2. The first kappa shape index (κ1) is 24.0. The van der Waals surface area contributed by atoms with Crippen molar-refractivity contribution in [3.63, 3.8) is 0 Å². The summed E-state index contributed by atoms with van der Waals surface area (Å²) in [5.41, 5.74) is -0.449. The third kappa shape index (κ3) is 8.15. The molecule has 2 aliphatic rings. The van der Waals surface area contributed by atoms with Crippen LogP contribution in [0.25, 0.3) is 0 Å². The Morgan fingerprint density at radius 2 is 1.90 bits per heavy atom. The van der Waals surface area contributed by atoms with Crippen molar-refractivity contribution in [2.24, 2.45) is 10.9 Å². The van der Waals surface area contributed by atoms with Crippen LogP contribution < -0.4 is 10.6 Å². The fourth-order valence-electron chi connectivity index (χ4n) is 4.03. The molecule has 8 heteroatoms. The summed E-state index contributed by atoms with van der Waals surface area (Å²) in [5, 5.41) is 7.29. The van der Waals surface area contributed by atoms with Crippen LogP contribution in [-0.4, -0.2) is 70.5 Å². The standard InChI is InChI=1S/C21H40N4O3S/c1-6-29(27)18-9-7-8-17(14-18)24-19(22-5)23-15-16-10-12-25(13-11-16)20(26)28-21(2,3)4/h16-18H,6-15H2,1-5H3,(H2,22,23,24). The van der Waals surface area contributed by atoms with E-state index in [9.17, 15) is 9.00 Å². The number of nitrogens with zero attached hydrogens (tertiary/aromatic N) is 2. The zero-order valence-corrected chi connectivity index (χ0v) is 19.6. The predicted molar refractivity (Wildman–Crippen MR) is 120 cm³/mol. The molecule has 1 aliphatic carbocycles. The van der Waals surface area contributed by atoms with Gasteiger partial charge in [-0.15, -0.1) is 0 Å². The van der Waals surface area contributed by atoms with E-state index < -0.39 is 16.4 Å². The summed E-state index contributed by atoms with van der Waals surface area (Å²) < 4.78 is 17.6. The van der Waals surface area contributed by atoms with Crippen LogP contribution in [0.5, 0.6) is 0 Å². The van der Waals surface area contributed by atoms with Gasteiger partial charge in [0.05, 0.1) is 0 Å². The first-order valence-corrected chi connectivity index (χ1v) is 12.4. The van der Waals surface area contributed by atoms with E-state index in [2.05, 4.69) is 15.6 Å². The van der Waals surface area contributed by atoms with Gasteiger partial charge in [0, 0.05) is 54.5 Å². The Hall–Kier alpha value is -1.31. The Morgan fingerprint density at radius 1 is 1.21 bits per heavy atom. The van der Waals surface area contributed by atoms with Crippen molar-refractivity contribution in [2.45, 2.75) is 83.1 Å². The number of nitrogens with one attached hydrogen (secondary N) is 2. The zero-order valence-electron chi connectivity index (χ0n) is 18.8. The predicted octanol–water partition coefficient (Wildman–Crippen LogP) is 2.88. The molecule has 1 saturated carbocycles. The maximum atomic E-state index is 12.2. The molecular formula is C21H40N4O3S. The van der Waals surface area contributed by atoms with E-state index in [1.807, 2.05) is 32.6 Å². The van der Waals surface area contributed by atoms with Crippen molar-refractivity contribution in [3.8, 4) is 0 Å². The van der Waals surface area contributed by atoms with Gasteiger partial charge in [0.25, 0.3) is 0 Å². The quantitative estimate of drug-likeness (QED) is 0.520. The van der Waals surface area contributed by atoms with Crippen LogP contribution in [0.1, 0.15) is 66.2 Å². The lowest BCUT2D eigenvalue weighted by molar-refractivity contribution is 0.0185. The van der Waals surface area contributed by atoms with Crippen LogP contribution in [0.15, 0.2) is 4.99 Å². The third-order valence-electron chi connectivity index (χ3n) is 5.67. The Labute approximate surface area is 178 Å². The topological polar surface area (TPSA) is 83.0 Å². The van der Waals surface area contributed by atoms with Gasteiger partial charge < -0.3 is 20.3 Å². The third-order valence-corrected chi connectivity index (χ3v) is 7.41. The number of rotatable bonds is 5. The smallest absolute Gasteiger partial charge is 0.410 e. The lowest BCUT2D eigenvalue weighted by Gasteiger charge is -2.34. The molecule has 1 heterocycles. The van der Waals surface area contributed by atoms with Crippen LogP contribution >= 0.6 is 0 Å². The average Bonchev–Trinajstić information content (AvgIpc) is 2.69. The van der Waals surface area contributed by atoms with Crippen LogP contribution in [0.3, 0.4) is 0 Å². The summed E-state index contributed by atoms with van der Waals surface area (Å²) >= 11 is 0. The van der Waals surface area contributed by atoms with Gasteiger partial charge in [0.15, 0.2) is 5.96 Å². The van der Waals surface area contributed by atoms with E-state index >= 15 is 0 Å². The molecule has 0 radical (unpaired) electrons. The number of aliphatic imine (C=N–C) groups is 1. The monoisotopic (exact) mass is 428 g/mol. The van der Waals surface area contributed by atoms with Crippen molar-refractivity contribution < 1.29 is 13.7 Å². The summed E-state index contributed by atoms with van der Waals surface area (Å²) in [6.07, 6.45) is 5.96.